The molecule has 0 aliphatic carbocycles. The second-order valence-electron chi connectivity index (χ2n) is 4.82. The number of aliphatic hydroxyl groups is 1. The van der Waals surface area contributed by atoms with Crippen LogP contribution in [0.15, 0.2) is 0 Å². The molecule has 0 saturated carbocycles. The first-order valence-electron chi connectivity index (χ1n) is 6.08. The Hall–Kier alpha value is -0.240. The first kappa shape index (κ1) is 17.8. The third kappa shape index (κ3) is 9.76. The average Bonchev–Trinajstić information content (AvgIpc) is 2.29. The smallest absolute Gasteiger partial charge is 0.217 e. The fourth-order valence-corrected chi connectivity index (χ4v) is 0.998. The molecule has 0 aromatic carbocycles. The number of aliphatic hydroxyl groups excluding tert-OH is 1. The molecule has 0 saturated heterocycles. The standard InChI is InChI=1S/C12H26O6/c1-10(15-7-6-13)11(16-9-8-14-5)17-18-12(2,3)4/h10-11,13H,6-9H2,1-5H3. The molecular weight excluding hydrogens is 240 g/mol. The highest BCUT2D eigenvalue weighted by molar-refractivity contribution is 4.58. The van der Waals surface area contributed by atoms with Crippen LogP contribution in [0.1, 0.15) is 27.7 Å². The largest absolute Gasteiger partial charge is 0.394 e. The second kappa shape index (κ2) is 9.66. The van der Waals surface area contributed by atoms with Crippen LogP contribution in [-0.4, -0.2) is 56.6 Å². The normalized spacial score (nSPS) is 15.7. The zero-order valence-electron chi connectivity index (χ0n) is 12.0. The van der Waals surface area contributed by atoms with E-state index in [9.17, 15) is 0 Å². The van der Waals surface area contributed by atoms with Gasteiger partial charge in [-0.2, -0.15) is 0 Å². The fourth-order valence-electron chi connectivity index (χ4n) is 0.998. The van der Waals surface area contributed by atoms with Crippen molar-refractivity contribution in [2.45, 2.75) is 45.7 Å². The number of rotatable bonds is 10. The lowest BCUT2D eigenvalue weighted by atomic mass is 10.2. The zero-order chi connectivity index (χ0) is 14.0. The number of hydrogen-bond acceptors (Lipinski definition) is 6. The molecule has 0 aliphatic heterocycles. The minimum Gasteiger partial charge on any atom is -0.394 e. The summed E-state index contributed by atoms with van der Waals surface area (Å²) in [7, 11) is 1.59. The van der Waals surface area contributed by atoms with Gasteiger partial charge >= 0.3 is 0 Å². The minimum absolute atomic E-state index is 0.0464. The molecule has 1 N–H and O–H groups in total. The van der Waals surface area contributed by atoms with Crippen LogP contribution >= 0.6 is 0 Å². The monoisotopic (exact) mass is 266 g/mol. The lowest BCUT2D eigenvalue weighted by Gasteiger charge is -2.27. The SMILES string of the molecule is COCCOC(OOC(C)(C)C)C(C)OCCO. The number of hydrogen-bond donors (Lipinski definition) is 1. The first-order chi connectivity index (χ1) is 8.40. The summed E-state index contributed by atoms with van der Waals surface area (Å²) in [5.41, 5.74) is -0.431. The van der Waals surface area contributed by atoms with Gasteiger partial charge in [0.25, 0.3) is 0 Å². The Balaban J connectivity index is 4.13. The van der Waals surface area contributed by atoms with Crippen LogP contribution in [0, 0.1) is 0 Å². The second-order valence-corrected chi connectivity index (χ2v) is 4.82. The molecule has 6 nitrogen and oxygen atoms in total. The third-order valence-corrected chi connectivity index (χ3v) is 1.82. The minimum atomic E-state index is -0.661. The molecule has 18 heavy (non-hydrogen) atoms. The van der Waals surface area contributed by atoms with E-state index < -0.39 is 11.9 Å². The Bertz CT molecular complexity index is 191. The third-order valence-electron chi connectivity index (χ3n) is 1.82. The van der Waals surface area contributed by atoms with Gasteiger partial charge in [-0.25, -0.2) is 9.78 Å². The van der Waals surface area contributed by atoms with E-state index in [2.05, 4.69) is 0 Å². The molecule has 0 bridgehead atoms. The van der Waals surface area contributed by atoms with Crippen molar-refractivity contribution in [2.24, 2.45) is 0 Å². The van der Waals surface area contributed by atoms with Crippen molar-refractivity contribution in [1.29, 1.82) is 0 Å². The van der Waals surface area contributed by atoms with Crippen LogP contribution in [0.5, 0.6) is 0 Å². The van der Waals surface area contributed by atoms with Gasteiger partial charge in [-0.3, -0.25) is 0 Å². The summed E-state index contributed by atoms with van der Waals surface area (Å²) in [6, 6.07) is 0. The van der Waals surface area contributed by atoms with Gasteiger partial charge in [0.1, 0.15) is 6.10 Å². The highest BCUT2D eigenvalue weighted by Gasteiger charge is 2.23. The molecule has 0 aromatic heterocycles. The summed E-state index contributed by atoms with van der Waals surface area (Å²) in [5, 5.41) is 8.71. The molecule has 0 rings (SSSR count). The summed E-state index contributed by atoms with van der Waals surface area (Å²) in [4.78, 5) is 10.4. The predicted molar refractivity (Wildman–Crippen MR) is 66.0 cm³/mol. The van der Waals surface area contributed by atoms with E-state index in [1.807, 2.05) is 20.8 Å². The molecular formula is C12H26O6. The molecule has 0 radical (unpaired) electrons. The van der Waals surface area contributed by atoms with Crippen molar-refractivity contribution < 1.29 is 29.1 Å². The van der Waals surface area contributed by atoms with Crippen LogP contribution in [0.2, 0.25) is 0 Å². The van der Waals surface area contributed by atoms with E-state index in [0.29, 0.717) is 13.2 Å². The molecule has 2 unspecified atom stereocenters. The lowest BCUT2D eigenvalue weighted by molar-refractivity contribution is -0.430. The van der Waals surface area contributed by atoms with Crippen LogP contribution in [0.4, 0.5) is 0 Å². The van der Waals surface area contributed by atoms with E-state index in [1.165, 1.54) is 0 Å². The Labute approximate surface area is 109 Å². The molecule has 2 atom stereocenters. The highest BCUT2D eigenvalue weighted by atomic mass is 17.2. The average molecular weight is 266 g/mol. The van der Waals surface area contributed by atoms with Gasteiger partial charge in [0.2, 0.25) is 6.29 Å². The fraction of sp³-hybridized carbons (Fsp3) is 1.00. The summed E-state index contributed by atoms with van der Waals surface area (Å²) < 4.78 is 15.7. The lowest BCUT2D eigenvalue weighted by Crippen LogP contribution is -2.36. The van der Waals surface area contributed by atoms with E-state index in [0.717, 1.165) is 0 Å². The molecule has 6 heteroatoms. The van der Waals surface area contributed by atoms with Gasteiger partial charge in [0, 0.05) is 7.11 Å². The van der Waals surface area contributed by atoms with Crippen LogP contribution in [0.3, 0.4) is 0 Å². The Morgan fingerprint density at radius 1 is 1.06 bits per heavy atom. The Morgan fingerprint density at radius 3 is 2.22 bits per heavy atom. The van der Waals surface area contributed by atoms with E-state index in [-0.39, 0.29) is 19.3 Å². The van der Waals surface area contributed by atoms with Crippen LogP contribution < -0.4 is 0 Å². The van der Waals surface area contributed by atoms with Gasteiger partial charge < -0.3 is 19.3 Å². The Kier molecular flexibility index (Phi) is 9.53. The predicted octanol–water partition coefficient (Wildman–Crippen LogP) is 1.12. The maximum absolute atomic E-state index is 8.71. The molecule has 0 amide bonds. The van der Waals surface area contributed by atoms with E-state index >= 15 is 0 Å². The maximum Gasteiger partial charge on any atom is 0.217 e. The summed E-state index contributed by atoms with van der Waals surface area (Å²) in [6.07, 6.45) is -1.01. The van der Waals surface area contributed by atoms with Crippen molar-refractivity contribution in [2.75, 3.05) is 33.5 Å². The van der Waals surface area contributed by atoms with Crippen LogP contribution in [0.25, 0.3) is 0 Å². The van der Waals surface area contributed by atoms with Gasteiger partial charge in [-0.05, 0) is 27.7 Å². The number of ether oxygens (including phenoxy) is 3. The van der Waals surface area contributed by atoms with Gasteiger partial charge in [0.05, 0.1) is 32.0 Å². The summed E-state index contributed by atoms with van der Waals surface area (Å²) in [5.74, 6) is 0. The molecule has 0 aromatic rings. The molecule has 110 valence electrons. The molecule has 0 aliphatic rings. The van der Waals surface area contributed by atoms with Gasteiger partial charge in [-0.15, -0.1) is 0 Å². The van der Waals surface area contributed by atoms with E-state index in [1.54, 1.807) is 14.0 Å². The number of methoxy groups -OCH3 is 1. The summed E-state index contributed by atoms with van der Waals surface area (Å²) >= 11 is 0. The van der Waals surface area contributed by atoms with Crippen molar-refractivity contribution in [3.63, 3.8) is 0 Å². The van der Waals surface area contributed by atoms with Crippen LogP contribution in [-0.2, 0) is 24.0 Å². The molecule has 0 heterocycles. The maximum atomic E-state index is 8.71. The van der Waals surface area contributed by atoms with Crippen molar-refractivity contribution >= 4 is 0 Å². The van der Waals surface area contributed by atoms with Crippen molar-refractivity contribution in [3.8, 4) is 0 Å². The van der Waals surface area contributed by atoms with E-state index in [4.69, 9.17) is 29.1 Å². The van der Waals surface area contributed by atoms with Gasteiger partial charge in [-0.1, -0.05) is 0 Å². The Morgan fingerprint density at radius 2 is 1.72 bits per heavy atom. The topological polar surface area (TPSA) is 66.4 Å². The summed E-state index contributed by atoms with van der Waals surface area (Å²) in [6.45, 7) is 8.43. The molecule has 0 fully saturated rings. The zero-order valence-corrected chi connectivity index (χ0v) is 12.0. The first-order valence-corrected chi connectivity index (χ1v) is 6.08. The van der Waals surface area contributed by atoms with Crippen molar-refractivity contribution in [1.82, 2.24) is 0 Å². The molecule has 0 spiro atoms. The van der Waals surface area contributed by atoms with Gasteiger partial charge in [0.15, 0.2) is 0 Å². The quantitative estimate of drug-likeness (QED) is 0.277. The highest BCUT2D eigenvalue weighted by Crippen LogP contribution is 2.13. The van der Waals surface area contributed by atoms with Crippen molar-refractivity contribution in [3.05, 3.63) is 0 Å².